The molecular formula is C18H18F3NO2. The number of nitrogens with zero attached hydrogens (tertiary/aromatic N) is 1. The summed E-state index contributed by atoms with van der Waals surface area (Å²) in [6.45, 7) is 3.00. The van der Waals surface area contributed by atoms with E-state index < -0.39 is 18.5 Å². The highest BCUT2D eigenvalue weighted by molar-refractivity contribution is 5.69. The quantitative estimate of drug-likeness (QED) is 0.897. The van der Waals surface area contributed by atoms with E-state index in [-0.39, 0.29) is 17.0 Å². The number of aliphatic hydroxyl groups excluding tert-OH is 1. The first-order valence-electron chi connectivity index (χ1n) is 7.57. The van der Waals surface area contributed by atoms with Crippen LogP contribution in [-0.2, 0) is 25.6 Å². The molecule has 6 heteroatoms. The molecular weight excluding hydrogens is 319 g/mol. The van der Waals surface area contributed by atoms with Gasteiger partial charge in [-0.3, -0.25) is 0 Å². The number of ether oxygens (including phenoxy) is 1. The summed E-state index contributed by atoms with van der Waals surface area (Å²) in [5.74, 6) is -0.0354. The monoisotopic (exact) mass is 337 g/mol. The normalized spacial score (nSPS) is 11.3. The zero-order valence-electron chi connectivity index (χ0n) is 13.7. The molecule has 128 valence electrons. The summed E-state index contributed by atoms with van der Waals surface area (Å²) in [5.41, 5.74) is 0.869. The molecule has 1 heterocycles. The molecule has 0 spiro atoms. The second kappa shape index (κ2) is 7.10. The van der Waals surface area contributed by atoms with Gasteiger partial charge < -0.3 is 9.84 Å². The van der Waals surface area contributed by atoms with E-state index in [1.807, 2.05) is 13.8 Å². The third kappa shape index (κ3) is 3.31. The highest BCUT2D eigenvalue weighted by atomic mass is 19.4. The fourth-order valence-electron chi connectivity index (χ4n) is 2.65. The Morgan fingerprint density at radius 2 is 1.96 bits per heavy atom. The predicted octanol–water partition coefficient (Wildman–Crippen LogP) is 3.99. The third-order valence-corrected chi connectivity index (χ3v) is 3.81. The molecule has 2 rings (SSSR count). The lowest BCUT2D eigenvalue weighted by atomic mass is 9.95. The second-order valence-electron chi connectivity index (χ2n) is 5.19. The Morgan fingerprint density at radius 1 is 1.25 bits per heavy atom. The van der Waals surface area contributed by atoms with Gasteiger partial charge in [0.25, 0.3) is 0 Å². The topological polar surface area (TPSA) is 42.4 Å². The Labute approximate surface area is 139 Å². The second-order valence-corrected chi connectivity index (χ2v) is 5.19. The molecule has 0 unspecified atom stereocenters. The molecule has 0 amide bonds. The molecule has 1 N–H and O–H groups in total. The van der Waals surface area contributed by atoms with Crippen molar-refractivity contribution in [3.05, 3.63) is 46.6 Å². The van der Waals surface area contributed by atoms with Crippen molar-refractivity contribution in [3.8, 4) is 17.0 Å². The van der Waals surface area contributed by atoms with Crippen molar-refractivity contribution in [1.29, 1.82) is 0 Å². The van der Waals surface area contributed by atoms with E-state index in [0.717, 1.165) is 11.1 Å². The van der Waals surface area contributed by atoms with E-state index in [2.05, 4.69) is 17.1 Å². The molecule has 2 aromatic rings. The van der Waals surface area contributed by atoms with Gasteiger partial charge in [-0.1, -0.05) is 26.0 Å². The van der Waals surface area contributed by atoms with Crippen molar-refractivity contribution in [2.75, 3.05) is 7.11 Å². The first-order chi connectivity index (χ1) is 11.4. The lowest BCUT2D eigenvalue weighted by Gasteiger charge is -2.18. The minimum absolute atomic E-state index is 0.0354. The Morgan fingerprint density at radius 3 is 2.46 bits per heavy atom. The number of alkyl halides is 3. The van der Waals surface area contributed by atoms with Crippen LogP contribution in [0.3, 0.4) is 0 Å². The molecule has 0 bridgehead atoms. The van der Waals surface area contributed by atoms with Crippen molar-refractivity contribution in [3.63, 3.8) is 0 Å². The predicted molar refractivity (Wildman–Crippen MR) is 83.6 cm³/mol. The highest BCUT2D eigenvalue weighted by Crippen LogP contribution is 2.38. The summed E-state index contributed by atoms with van der Waals surface area (Å²) in [6.07, 6.45) is -3.47. The number of rotatable bonds is 5. The van der Waals surface area contributed by atoms with Gasteiger partial charge in [-0.2, -0.15) is 13.2 Å². The van der Waals surface area contributed by atoms with Crippen LogP contribution in [0.1, 0.15) is 36.2 Å². The van der Waals surface area contributed by atoms with Crippen LogP contribution in [0.2, 0.25) is 0 Å². The summed E-state index contributed by atoms with van der Waals surface area (Å²) in [6, 6.07) is 8.98. The van der Waals surface area contributed by atoms with Gasteiger partial charge in [0.2, 0.25) is 0 Å². The minimum Gasteiger partial charge on any atom is -0.496 e. The van der Waals surface area contributed by atoms with Gasteiger partial charge in [-0.15, -0.1) is 0 Å². The number of methoxy groups -OCH3 is 1. The number of pyridine rings is 1. The minimum atomic E-state index is -4.69. The maximum atomic E-state index is 13.4. The van der Waals surface area contributed by atoms with Crippen LogP contribution in [0.15, 0.2) is 12.1 Å². The van der Waals surface area contributed by atoms with Crippen LogP contribution >= 0.6 is 0 Å². The Hall–Kier alpha value is -2.26. The number of halogens is 3. The molecule has 0 aliphatic heterocycles. The van der Waals surface area contributed by atoms with E-state index in [4.69, 9.17) is 4.74 Å². The average molecular weight is 337 g/mol. The molecule has 0 aliphatic rings. The molecule has 0 radical (unpaired) electrons. The van der Waals surface area contributed by atoms with E-state index in [9.17, 15) is 18.3 Å². The highest BCUT2D eigenvalue weighted by Gasteiger charge is 2.37. The lowest BCUT2D eigenvalue weighted by Crippen LogP contribution is -2.14. The van der Waals surface area contributed by atoms with Crippen LogP contribution in [0.5, 0.6) is 5.75 Å². The zero-order valence-corrected chi connectivity index (χ0v) is 13.7. The first-order valence-corrected chi connectivity index (χ1v) is 7.57. The van der Waals surface area contributed by atoms with Gasteiger partial charge in [0.1, 0.15) is 5.75 Å². The Kier molecular flexibility index (Phi) is 5.35. The van der Waals surface area contributed by atoms with Crippen LogP contribution in [-0.4, -0.2) is 17.2 Å². The van der Waals surface area contributed by atoms with Gasteiger partial charge >= 0.3 is 6.18 Å². The SMILES string of the molecule is CCc1c#ccc(CC)c1-c1cc(OC)c(CO)c(C(F)(F)F)n1. The van der Waals surface area contributed by atoms with Gasteiger partial charge in [-0.25, -0.2) is 4.98 Å². The lowest BCUT2D eigenvalue weighted by molar-refractivity contribution is -0.142. The fourth-order valence-corrected chi connectivity index (χ4v) is 2.65. The number of hydrogen-bond donors (Lipinski definition) is 1. The number of aromatic nitrogens is 1. The molecule has 1 aromatic heterocycles. The number of aliphatic hydroxyl groups is 1. The van der Waals surface area contributed by atoms with Crippen molar-refractivity contribution < 1.29 is 23.0 Å². The molecule has 3 nitrogen and oxygen atoms in total. The Bertz CT molecular complexity index is 705. The van der Waals surface area contributed by atoms with Crippen LogP contribution in [0.25, 0.3) is 11.3 Å². The summed E-state index contributed by atoms with van der Waals surface area (Å²) in [5, 5.41) is 9.33. The average Bonchev–Trinajstić information content (AvgIpc) is 2.58. The van der Waals surface area contributed by atoms with E-state index in [1.165, 1.54) is 13.2 Å². The molecule has 0 fully saturated rings. The van der Waals surface area contributed by atoms with Crippen molar-refractivity contribution in [2.45, 2.75) is 39.5 Å². The van der Waals surface area contributed by atoms with Crippen molar-refractivity contribution in [2.24, 2.45) is 0 Å². The summed E-state index contributed by atoms with van der Waals surface area (Å²) in [4.78, 5) is 3.81. The molecule has 24 heavy (non-hydrogen) atoms. The van der Waals surface area contributed by atoms with Gasteiger partial charge in [0, 0.05) is 17.2 Å². The van der Waals surface area contributed by atoms with Crippen molar-refractivity contribution in [1.82, 2.24) is 4.98 Å². The summed E-state index contributed by atoms with van der Waals surface area (Å²) >= 11 is 0. The summed E-state index contributed by atoms with van der Waals surface area (Å²) < 4.78 is 45.2. The molecule has 0 saturated carbocycles. The van der Waals surface area contributed by atoms with Gasteiger partial charge in [-0.05, 0) is 24.5 Å². The fraction of sp³-hybridized carbons (Fsp3) is 0.389. The van der Waals surface area contributed by atoms with Crippen LogP contribution in [0, 0.1) is 12.1 Å². The van der Waals surface area contributed by atoms with Gasteiger partial charge in [0.05, 0.1) is 25.0 Å². The smallest absolute Gasteiger partial charge is 0.433 e. The third-order valence-electron chi connectivity index (χ3n) is 3.81. The number of aryl methyl sites for hydroxylation is 1. The first kappa shape index (κ1) is 18.1. The van der Waals surface area contributed by atoms with Crippen LogP contribution in [0.4, 0.5) is 13.2 Å². The number of hydrogen-bond acceptors (Lipinski definition) is 3. The molecule has 0 saturated heterocycles. The van der Waals surface area contributed by atoms with Gasteiger partial charge in [0.15, 0.2) is 5.69 Å². The Balaban J connectivity index is 2.82. The van der Waals surface area contributed by atoms with Crippen molar-refractivity contribution >= 4 is 0 Å². The maximum absolute atomic E-state index is 13.4. The van der Waals surface area contributed by atoms with Crippen LogP contribution < -0.4 is 4.74 Å². The standard InChI is InChI=1S/C18H18F3NO2/c1-4-11-7-6-8-12(5-2)16(11)14-9-15(24-3)13(10-23)17(22-14)18(19,20)21/h7,9,23H,4-5,10H2,1-3H3. The van der Waals surface area contributed by atoms with E-state index >= 15 is 0 Å². The maximum Gasteiger partial charge on any atom is 0.433 e. The van der Waals surface area contributed by atoms with E-state index in [0.29, 0.717) is 18.4 Å². The largest absolute Gasteiger partial charge is 0.496 e. The molecule has 1 aromatic carbocycles. The zero-order chi connectivity index (χ0) is 17.9. The summed E-state index contributed by atoms with van der Waals surface area (Å²) in [7, 11) is 1.27. The molecule has 0 aliphatic carbocycles. The van der Waals surface area contributed by atoms with E-state index in [1.54, 1.807) is 6.07 Å². The molecule has 0 atom stereocenters.